The van der Waals surface area contributed by atoms with Gasteiger partial charge in [0.2, 0.25) is 0 Å². The first kappa shape index (κ1) is 13.6. The highest BCUT2D eigenvalue weighted by atomic mass is 79.9. The van der Waals surface area contributed by atoms with Gasteiger partial charge < -0.3 is 5.32 Å². The van der Waals surface area contributed by atoms with Crippen molar-refractivity contribution in [2.75, 3.05) is 11.1 Å². The number of anilines is 1. The van der Waals surface area contributed by atoms with Gasteiger partial charge in [0.05, 0.1) is 6.04 Å². The molecule has 1 saturated carbocycles. The third-order valence-corrected chi connectivity index (χ3v) is 5.96. The van der Waals surface area contributed by atoms with Crippen molar-refractivity contribution in [1.82, 2.24) is 0 Å². The molecule has 1 aliphatic carbocycles. The highest BCUT2D eigenvalue weighted by Gasteiger charge is 2.30. The van der Waals surface area contributed by atoms with E-state index in [1.807, 2.05) is 11.8 Å². The average Bonchev–Trinajstić information content (AvgIpc) is 2.95. The molecule has 0 bridgehead atoms. The fourth-order valence-electron chi connectivity index (χ4n) is 3.24. The van der Waals surface area contributed by atoms with Gasteiger partial charge in [-0.15, -0.1) is 0 Å². The summed E-state index contributed by atoms with van der Waals surface area (Å²) in [5.74, 6) is 2.03. The van der Waals surface area contributed by atoms with Gasteiger partial charge in [0.25, 0.3) is 0 Å². The van der Waals surface area contributed by atoms with Crippen LogP contribution in [-0.2, 0) is 0 Å². The summed E-state index contributed by atoms with van der Waals surface area (Å²) in [5.41, 5.74) is 1.13. The number of fused-ring (bicyclic) bond motifs is 2. The zero-order valence-corrected chi connectivity index (χ0v) is 14.1. The van der Waals surface area contributed by atoms with E-state index in [4.69, 9.17) is 4.99 Å². The molecule has 1 aliphatic heterocycles. The molecule has 2 aliphatic rings. The van der Waals surface area contributed by atoms with E-state index in [0.717, 1.165) is 21.2 Å². The van der Waals surface area contributed by atoms with Crippen LogP contribution in [0.3, 0.4) is 0 Å². The molecule has 1 fully saturated rings. The predicted molar refractivity (Wildman–Crippen MR) is 96.3 cm³/mol. The van der Waals surface area contributed by atoms with E-state index in [1.165, 1.54) is 35.8 Å². The van der Waals surface area contributed by atoms with Gasteiger partial charge in [0.1, 0.15) is 0 Å². The third kappa shape index (κ3) is 2.84. The Morgan fingerprint density at radius 1 is 1.10 bits per heavy atom. The van der Waals surface area contributed by atoms with Crippen LogP contribution < -0.4 is 5.32 Å². The van der Waals surface area contributed by atoms with Crippen LogP contribution in [-0.4, -0.2) is 17.0 Å². The second-order valence-electron chi connectivity index (χ2n) is 5.83. The van der Waals surface area contributed by atoms with E-state index >= 15 is 0 Å². The van der Waals surface area contributed by atoms with Gasteiger partial charge in [0, 0.05) is 15.9 Å². The summed E-state index contributed by atoms with van der Waals surface area (Å²) < 4.78 is 1.12. The van der Waals surface area contributed by atoms with Crippen LogP contribution in [0, 0.1) is 5.92 Å². The van der Waals surface area contributed by atoms with E-state index in [9.17, 15) is 0 Å². The van der Waals surface area contributed by atoms with Crippen molar-refractivity contribution in [3.8, 4) is 0 Å². The Kier molecular flexibility index (Phi) is 3.67. The normalized spacial score (nSPS) is 24.7. The molecule has 2 unspecified atom stereocenters. The summed E-state index contributed by atoms with van der Waals surface area (Å²) in [6, 6.07) is 13.4. The topological polar surface area (TPSA) is 24.4 Å². The molecule has 2 aromatic carbocycles. The van der Waals surface area contributed by atoms with Crippen molar-refractivity contribution in [3.05, 3.63) is 40.9 Å². The molecule has 2 aromatic rings. The summed E-state index contributed by atoms with van der Waals surface area (Å²) in [4.78, 5) is 4.89. The van der Waals surface area contributed by atoms with Crippen molar-refractivity contribution in [1.29, 1.82) is 0 Å². The number of aliphatic imine (C=N–C) groups is 1. The van der Waals surface area contributed by atoms with Crippen molar-refractivity contribution in [2.24, 2.45) is 10.9 Å². The number of nitrogens with zero attached hydrogens (tertiary/aromatic N) is 1. The highest BCUT2D eigenvalue weighted by Crippen LogP contribution is 2.35. The highest BCUT2D eigenvalue weighted by molar-refractivity contribution is 9.10. The predicted octanol–water partition coefficient (Wildman–Crippen LogP) is 5.29. The lowest BCUT2D eigenvalue weighted by atomic mass is 10.1. The second-order valence-corrected chi connectivity index (χ2v) is 7.76. The molecule has 4 rings (SSSR count). The first-order chi connectivity index (χ1) is 10.3. The average molecular weight is 361 g/mol. The van der Waals surface area contributed by atoms with Crippen molar-refractivity contribution >= 4 is 49.3 Å². The molecule has 0 radical (unpaired) electrons. The number of nitrogens with one attached hydrogen (secondary N) is 1. The van der Waals surface area contributed by atoms with Crippen LogP contribution in [0.25, 0.3) is 10.8 Å². The Bertz CT molecular complexity index is 713. The third-order valence-electron chi connectivity index (χ3n) is 4.39. The molecule has 0 aromatic heterocycles. The minimum atomic E-state index is 0.560. The molecule has 0 spiro atoms. The fraction of sp³-hybridized carbons (Fsp3) is 0.353. The van der Waals surface area contributed by atoms with Crippen LogP contribution in [0.15, 0.2) is 45.9 Å². The maximum Gasteiger partial charge on any atom is 0.161 e. The van der Waals surface area contributed by atoms with Gasteiger partial charge in [-0.2, -0.15) is 0 Å². The number of hydrogen-bond donors (Lipinski definition) is 1. The molecule has 0 amide bonds. The van der Waals surface area contributed by atoms with Crippen molar-refractivity contribution in [3.63, 3.8) is 0 Å². The fourth-order valence-corrected chi connectivity index (χ4v) is 4.78. The lowest BCUT2D eigenvalue weighted by molar-refractivity contribution is 0.535. The van der Waals surface area contributed by atoms with Crippen LogP contribution in [0.2, 0.25) is 0 Å². The zero-order valence-electron chi connectivity index (χ0n) is 11.7. The molecule has 2 nitrogen and oxygen atoms in total. The van der Waals surface area contributed by atoms with Crippen molar-refractivity contribution in [2.45, 2.75) is 25.3 Å². The molecule has 1 heterocycles. The lowest BCUT2D eigenvalue weighted by Gasteiger charge is -2.23. The number of benzene rings is 2. The van der Waals surface area contributed by atoms with E-state index < -0.39 is 0 Å². The molecule has 21 heavy (non-hydrogen) atoms. The van der Waals surface area contributed by atoms with E-state index in [1.54, 1.807) is 0 Å². The van der Waals surface area contributed by atoms with Crippen LogP contribution >= 0.6 is 27.7 Å². The molecule has 1 N–H and O–H groups in total. The number of halogens is 1. The Labute approximate surface area is 137 Å². The summed E-state index contributed by atoms with van der Waals surface area (Å²) in [5, 5.41) is 7.10. The molecular weight excluding hydrogens is 344 g/mol. The minimum Gasteiger partial charge on any atom is -0.335 e. The molecule has 4 heteroatoms. The quantitative estimate of drug-likeness (QED) is 0.747. The smallest absolute Gasteiger partial charge is 0.161 e. The van der Waals surface area contributed by atoms with Crippen LogP contribution in [0.1, 0.15) is 19.3 Å². The monoisotopic (exact) mass is 360 g/mol. The van der Waals surface area contributed by atoms with Crippen LogP contribution in [0.5, 0.6) is 0 Å². The second kappa shape index (κ2) is 5.65. The molecule has 108 valence electrons. The Morgan fingerprint density at radius 2 is 1.95 bits per heavy atom. The van der Waals surface area contributed by atoms with Gasteiger partial charge in [-0.25, -0.2) is 0 Å². The van der Waals surface area contributed by atoms with Gasteiger partial charge in [-0.3, -0.25) is 4.99 Å². The van der Waals surface area contributed by atoms with E-state index in [0.29, 0.717) is 6.04 Å². The lowest BCUT2D eigenvalue weighted by Crippen LogP contribution is -2.25. The largest absolute Gasteiger partial charge is 0.335 e. The summed E-state index contributed by atoms with van der Waals surface area (Å²) >= 11 is 5.39. The maximum atomic E-state index is 4.89. The van der Waals surface area contributed by atoms with E-state index in [2.05, 4.69) is 57.6 Å². The standard InChI is InChI=1S/C17H17BrN2S/c18-14-6-4-12-9-15(7-5-11(12)8-14)19-17-20-16-3-1-2-13(16)10-21-17/h4-9,13,16H,1-3,10H2,(H,19,20). The first-order valence-electron chi connectivity index (χ1n) is 7.45. The molecular formula is C17H17BrN2S. The maximum absolute atomic E-state index is 4.89. The van der Waals surface area contributed by atoms with Gasteiger partial charge >= 0.3 is 0 Å². The van der Waals surface area contributed by atoms with Crippen molar-refractivity contribution < 1.29 is 0 Å². The summed E-state index contributed by atoms with van der Waals surface area (Å²) in [7, 11) is 0. The Balaban J connectivity index is 1.58. The van der Waals surface area contributed by atoms with E-state index in [-0.39, 0.29) is 0 Å². The number of hydrogen-bond acceptors (Lipinski definition) is 3. The number of amidine groups is 1. The Morgan fingerprint density at radius 3 is 2.90 bits per heavy atom. The summed E-state index contributed by atoms with van der Waals surface area (Å²) in [6.45, 7) is 0. The molecule has 0 saturated heterocycles. The summed E-state index contributed by atoms with van der Waals surface area (Å²) in [6.07, 6.45) is 3.97. The SMILES string of the molecule is Brc1ccc2cc(NC3=NC4CCCC4CS3)ccc2c1. The van der Waals surface area contributed by atoms with Gasteiger partial charge in [0.15, 0.2) is 5.17 Å². The van der Waals surface area contributed by atoms with Crippen LogP contribution in [0.4, 0.5) is 5.69 Å². The Hall–Kier alpha value is -1.00. The molecule has 2 atom stereocenters. The number of rotatable bonds is 1. The van der Waals surface area contributed by atoms with Gasteiger partial charge in [-0.1, -0.05) is 46.2 Å². The zero-order chi connectivity index (χ0) is 14.2. The van der Waals surface area contributed by atoms with Gasteiger partial charge in [-0.05, 0) is 53.8 Å². The number of thioether (sulfide) groups is 1. The minimum absolute atomic E-state index is 0.560. The first-order valence-corrected chi connectivity index (χ1v) is 9.23.